The van der Waals surface area contributed by atoms with Crippen molar-refractivity contribution < 1.29 is 0 Å². The Bertz CT molecular complexity index is 1920. The highest BCUT2D eigenvalue weighted by molar-refractivity contribution is 6.17. The van der Waals surface area contributed by atoms with Crippen LogP contribution in [-0.4, -0.2) is 4.57 Å². The van der Waals surface area contributed by atoms with Crippen LogP contribution in [0.4, 0.5) is 0 Å². The molecule has 0 fully saturated rings. The predicted molar refractivity (Wildman–Crippen MR) is 144 cm³/mol. The first-order valence-corrected chi connectivity index (χ1v) is 11.9. The van der Waals surface area contributed by atoms with Crippen LogP contribution in [0.2, 0.25) is 0 Å². The summed E-state index contributed by atoms with van der Waals surface area (Å²) >= 11 is 0. The Balaban J connectivity index is 1.52. The van der Waals surface area contributed by atoms with Crippen LogP contribution in [0.15, 0.2) is 115 Å². The third kappa shape index (κ3) is 2.39. The van der Waals surface area contributed by atoms with Gasteiger partial charge in [-0.25, -0.2) is 0 Å². The minimum absolute atomic E-state index is 0.980. The largest absolute Gasteiger partial charge is 0.309 e. The molecule has 1 heteroatoms. The first kappa shape index (κ1) is 18.1. The van der Waals surface area contributed by atoms with Gasteiger partial charge in [0.15, 0.2) is 0 Å². The van der Waals surface area contributed by atoms with Gasteiger partial charge in [-0.05, 0) is 86.6 Å². The summed E-state index contributed by atoms with van der Waals surface area (Å²) in [6.45, 7) is 0. The molecule has 0 amide bonds. The van der Waals surface area contributed by atoms with Gasteiger partial charge < -0.3 is 4.57 Å². The maximum Gasteiger partial charge on any atom is 0.0547 e. The van der Waals surface area contributed by atoms with Crippen molar-refractivity contribution in [2.75, 3.05) is 0 Å². The number of nitrogens with zero attached hydrogens (tertiary/aromatic N) is 1. The van der Waals surface area contributed by atoms with Gasteiger partial charge in [0.1, 0.15) is 0 Å². The predicted octanol–water partition coefficient (Wildman–Crippen LogP) is 8.66. The molecule has 1 aliphatic rings. The van der Waals surface area contributed by atoms with Gasteiger partial charge in [-0.3, -0.25) is 0 Å². The molecule has 1 nitrogen and oxygen atoms in total. The maximum absolute atomic E-state index is 2.44. The van der Waals surface area contributed by atoms with Crippen LogP contribution < -0.4 is 0 Å². The van der Waals surface area contributed by atoms with Gasteiger partial charge in [0.25, 0.3) is 0 Å². The van der Waals surface area contributed by atoms with E-state index in [0.717, 1.165) is 6.42 Å². The lowest BCUT2D eigenvalue weighted by atomic mass is 9.99. The van der Waals surface area contributed by atoms with Crippen molar-refractivity contribution in [3.8, 4) is 16.8 Å². The Kier molecular flexibility index (Phi) is 3.51. The zero-order chi connectivity index (χ0) is 22.2. The van der Waals surface area contributed by atoms with Crippen LogP contribution >= 0.6 is 0 Å². The highest BCUT2D eigenvalue weighted by atomic mass is 15.0. The smallest absolute Gasteiger partial charge is 0.0547 e. The lowest BCUT2D eigenvalue weighted by molar-refractivity contribution is 1.18. The number of fused-ring (bicyclic) bond motifs is 9. The van der Waals surface area contributed by atoms with Crippen LogP contribution in [0.1, 0.15) is 11.1 Å². The number of hydrogen-bond donors (Lipinski definition) is 0. The van der Waals surface area contributed by atoms with E-state index in [2.05, 4.69) is 120 Å². The fraction of sp³-hybridized carbons (Fsp3) is 0.0303. The van der Waals surface area contributed by atoms with Crippen molar-refractivity contribution >= 4 is 43.4 Å². The summed E-state index contributed by atoms with van der Waals surface area (Å²) in [7, 11) is 0. The van der Waals surface area contributed by atoms with E-state index in [4.69, 9.17) is 0 Å². The molecule has 1 heterocycles. The monoisotopic (exact) mass is 431 g/mol. The first-order chi connectivity index (χ1) is 16.8. The van der Waals surface area contributed by atoms with E-state index < -0.39 is 0 Å². The summed E-state index contributed by atoms with van der Waals surface area (Å²) in [5, 5.41) is 7.94. The number of rotatable bonds is 1. The fourth-order valence-corrected chi connectivity index (χ4v) is 6.03. The second-order valence-electron chi connectivity index (χ2n) is 9.41. The fourth-order valence-electron chi connectivity index (χ4n) is 6.03. The molecular weight excluding hydrogens is 410 g/mol. The second-order valence-corrected chi connectivity index (χ2v) is 9.41. The van der Waals surface area contributed by atoms with Gasteiger partial charge in [0.2, 0.25) is 0 Å². The van der Waals surface area contributed by atoms with Gasteiger partial charge in [-0.2, -0.15) is 0 Å². The summed E-state index contributed by atoms with van der Waals surface area (Å²) in [6.07, 6.45) is 0.980. The minimum atomic E-state index is 0.980. The van der Waals surface area contributed by atoms with Gasteiger partial charge in [-0.15, -0.1) is 0 Å². The molecule has 6 aromatic carbocycles. The molecule has 0 N–H and O–H groups in total. The van der Waals surface area contributed by atoms with E-state index in [9.17, 15) is 0 Å². The average Bonchev–Trinajstić information content (AvgIpc) is 3.41. The number of aromatic nitrogens is 1. The van der Waals surface area contributed by atoms with Gasteiger partial charge in [0, 0.05) is 16.5 Å². The summed E-state index contributed by atoms with van der Waals surface area (Å²) < 4.78 is 2.44. The van der Waals surface area contributed by atoms with E-state index in [1.807, 2.05) is 0 Å². The average molecular weight is 432 g/mol. The number of hydrogen-bond acceptors (Lipinski definition) is 0. The number of para-hydroxylation sites is 1. The summed E-state index contributed by atoms with van der Waals surface area (Å²) in [5.74, 6) is 0. The zero-order valence-electron chi connectivity index (χ0n) is 18.6. The molecule has 34 heavy (non-hydrogen) atoms. The van der Waals surface area contributed by atoms with Gasteiger partial charge in [-0.1, -0.05) is 78.9 Å². The highest BCUT2D eigenvalue weighted by Crippen LogP contribution is 2.46. The van der Waals surface area contributed by atoms with Crippen molar-refractivity contribution in [2.24, 2.45) is 0 Å². The highest BCUT2D eigenvalue weighted by Gasteiger charge is 2.25. The molecule has 0 radical (unpaired) electrons. The molecule has 1 aromatic heterocycles. The normalized spacial score (nSPS) is 12.6. The van der Waals surface area contributed by atoms with E-state index in [-0.39, 0.29) is 0 Å². The molecule has 0 unspecified atom stereocenters. The van der Waals surface area contributed by atoms with Crippen LogP contribution in [0.5, 0.6) is 0 Å². The minimum Gasteiger partial charge on any atom is -0.309 e. The molecule has 7 aromatic rings. The number of benzene rings is 6. The molecular formula is C33H21N. The van der Waals surface area contributed by atoms with Crippen LogP contribution in [0.25, 0.3) is 60.2 Å². The molecule has 0 atom stereocenters. The summed E-state index contributed by atoms with van der Waals surface area (Å²) in [4.78, 5) is 0. The van der Waals surface area contributed by atoms with Crippen LogP contribution in [0.3, 0.4) is 0 Å². The SMILES string of the molecule is c1ccc(-n2c3cc4ccccc4cc3c3c4c(ccc32)-c2cc3ccccc3cc2C4)cc1. The molecule has 0 saturated carbocycles. The molecule has 0 bridgehead atoms. The Morgan fingerprint density at radius 1 is 0.500 bits per heavy atom. The van der Waals surface area contributed by atoms with Crippen molar-refractivity contribution in [2.45, 2.75) is 6.42 Å². The van der Waals surface area contributed by atoms with Crippen molar-refractivity contribution in [3.05, 3.63) is 126 Å². The van der Waals surface area contributed by atoms with Gasteiger partial charge in [0.05, 0.1) is 11.0 Å². The first-order valence-electron chi connectivity index (χ1n) is 11.9. The lowest BCUT2D eigenvalue weighted by Crippen LogP contribution is -1.93. The third-order valence-electron chi connectivity index (χ3n) is 7.55. The van der Waals surface area contributed by atoms with Crippen LogP contribution in [0, 0.1) is 0 Å². The van der Waals surface area contributed by atoms with E-state index >= 15 is 0 Å². The zero-order valence-corrected chi connectivity index (χ0v) is 18.6. The lowest BCUT2D eigenvalue weighted by Gasteiger charge is -2.09. The molecule has 1 aliphatic carbocycles. The standard InChI is InChI=1S/C33H21N/c1-2-12-26(13-3-1)34-31-15-14-27-28-17-22-9-5-4-8-21(22)16-25(28)19-29(27)33(31)30-18-23-10-6-7-11-24(23)20-32(30)34/h1-18,20H,19H2. The molecule has 158 valence electrons. The molecule has 0 aliphatic heterocycles. The Labute approximate surface area is 197 Å². The molecule has 0 saturated heterocycles. The van der Waals surface area contributed by atoms with Crippen LogP contribution in [-0.2, 0) is 6.42 Å². The van der Waals surface area contributed by atoms with E-state index in [0.29, 0.717) is 0 Å². The Hall–Kier alpha value is -4.36. The Morgan fingerprint density at radius 2 is 1.15 bits per heavy atom. The summed E-state index contributed by atoms with van der Waals surface area (Å²) in [5.41, 5.74) is 9.42. The molecule has 8 rings (SSSR count). The van der Waals surface area contributed by atoms with Crippen molar-refractivity contribution in [3.63, 3.8) is 0 Å². The quantitative estimate of drug-likeness (QED) is 0.245. The summed E-state index contributed by atoms with van der Waals surface area (Å²) in [6, 6.07) is 42.4. The Morgan fingerprint density at radius 3 is 1.91 bits per heavy atom. The van der Waals surface area contributed by atoms with Gasteiger partial charge >= 0.3 is 0 Å². The second kappa shape index (κ2) is 6.59. The van der Waals surface area contributed by atoms with E-state index in [1.54, 1.807) is 0 Å². The molecule has 0 spiro atoms. The maximum atomic E-state index is 2.44. The third-order valence-corrected chi connectivity index (χ3v) is 7.55. The topological polar surface area (TPSA) is 4.93 Å². The van der Waals surface area contributed by atoms with Crippen molar-refractivity contribution in [1.82, 2.24) is 4.57 Å². The van der Waals surface area contributed by atoms with E-state index in [1.165, 1.54) is 71.3 Å². The van der Waals surface area contributed by atoms with Crippen molar-refractivity contribution in [1.29, 1.82) is 0 Å².